The minimum Gasteiger partial charge on any atom is -0.384 e. The molecule has 0 saturated carbocycles. The maximum atomic E-state index is 11.0. The smallest absolute Gasteiger partial charge is 0.333 e. The molecule has 0 aromatic carbocycles. The lowest BCUT2D eigenvalue weighted by Crippen LogP contribution is -2.07. The molecule has 0 aliphatic rings. The molecule has 9 heteroatoms. The first-order valence-corrected chi connectivity index (χ1v) is 5.20. The van der Waals surface area contributed by atoms with Crippen LogP contribution in [0, 0.1) is 17.0 Å². The van der Waals surface area contributed by atoms with Gasteiger partial charge in [-0.2, -0.15) is 10.2 Å². The molecule has 2 aromatic rings. The summed E-state index contributed by atoms with van der Waals surface area (Å²) in [5.41, 5.74) is 6.71. The number of anilines is 2. The predicted molar refractivity (Wildman–Crippen MR) is 64.9 cm³/mol. The van der Waals surface area contributed by atoms with Crippen molar-refractivity contribution in [2.45, 2.75) is 13.5 Å². The molecule has 0 atom stereocenters. The predicted octanol–water partition coefficient (Wildman–Crippen LogP) is 0.554. The van der Waals surface area contributed by atoms with E-state index in [0.29, 0.717) is 23.9 Å². The van der Waals surface area contributed by atoms with Crippen molar-refractivity contribution in [3.05, 3.63) is 27.6 Å². The highest BCUT2D eigenvalue weighted by atomic mass is 16.6. The molecule has 4 N–H and O–H groups in total. The maximum Gasteiger partial charge on any atom is 0.333 e. The van der Waals surface area contributed by atoms with Gasteiger partial charge in [-0.1, -0.05) is 0 Å². The number of H-pyrrole nitrogens is 1. The summed E-state index contributed by atoms with van der Waals surface area (Å²) < 4.78 is 1.43. The van der Waals surface area contributed by atoms with Gasteiger partial charge in [0, 0.05) is 19.2 Å². The number of aromatic amines is 1. The highest BCUT2D eigenvalue weighted by Crippen LogP contribution is 2.27. The van der Waals surface area contributed by atoms with Gasteiger partial charge < -0.3 is 11.1 Å². The van der Waals surface area contributed by atoms with Crippen LogP contribution in [0.2, 0.25) is 0 Å². The van der Waals surface area contributed by atoms with Crippen LogP contribution in [0.25, 0.3) is 0 Å². The second kappa shape index (κ2) is 4.35. The summed E-state index contributed by atoms with van der Waals surface area (Å²) in [6, 6.07) is 0. The summed E-state index contributed by atoms with van der Waals surface area (Å²) in [6.45, 7) is 1.93. The van der Waals surface area contributed by atoms with E-state index in [1.54, 1.807) is 20.2 Å². The Kier molecular flexibility index (Phi) is 2.88. The van der Waals surface area contributed by atoms with Gasteiger partial charge in [-0.15, -0.1) is 0 Å². The van der Waals surface area contributed by atoms with E-state index >= 15 is 0 Å². The van der Waals surface area contributed by atoms with E-state index in [0.717, 1.165) is 5.56 Å². The molecule has 2 aromatic heterocycles. The van der Waals surface area contributed by atoms with Gasteiger partial charge >= 0.3 is 5.69 Å². The number of rotatable bonds is 4. The van der Waals surface area contributed by atoms with Crippen LogP contribution in [0.5, 0.6) is 0 Å². The molecular formula is C9H13N7O2. The van der Waals surface area contributed by atoms with E-state index in [9.17, 15) is 10.1 Å². The van der Waals surface area contributed by atoms with Gasteiger partial charge in [0.2, 0.25) is 5.82 Å². The van der Waals surface area contributed by atoms with Crippen LogP contribution >= 0.6 is 0 Å². The van der Waals surface area contributed by atoms with Crippen molar-refractivity contribution in [3.63, 3.8) is 0 Å². The Labute approximate surface area is 102 Å². The topological polar surface area (TPSA) is 128 Å². The van der Waals surface area contributed by atoms with Crippen molar-refractivity contribution >= 4 is 17.3 Å². The van der Waals surface area contributed by atoms with Gasteiger partial charge in [0.05, 0.1) is 11.1 Å². The Morgan fingerprint density at radius 1 is 1.67 bits per heavy atom. The van der Waals surface area contributed by atoms with Gasteiger partial charge in [-0.05, 0) is 6.92 Å². The molecule has 0 unspecified atom stereocenters. The van der Waals surface area contributed by atoms with Gasteiger partial charge in [0.15, 0.2) is 0 Å². The molecule has 0 radical (unpaired) electrons. The van der Waals surface area contributed by atoms with Crippen LogP contribution in [0.15, 0.2) is 6.20 Å². The van der Waals surface area contributed by atoms with E-state index in [1.165, 1.54) is 4.68 Å². The average Bonchev–Trinajstić information content (AvgIpc) is 2.79. The Morgan fingerprint density at radius 2 is 2.39 bits per heavy atom. The lowest BCUT2D eigenvalue weighted by Gasteiger charge is -2.04. The number of nitrogens with one attached hydrogen (secondary N) is 2. The van der Waals surface area contributed by atoms with Gasteiger partial charge in [-0.25, -0.2) is 4.68 Å². The van der Waals surface area contributed by atoms with Crippen LogP contribution < -0.4 is 11.1 Å². The molecule has 0 aliphatic heterocycles. The standard InChI is InChI=1S/C9H13N7O2/c1-5-7(16(17)18)9(15(2)14-5)11-3-6-4-12-13-8(6)10/h4,11H,3H2,1-2H3,(H3,10,12,13). The first-order valence-electron chi connectivity index (χ1n) is 5.20. The van der Waals surface area contributed by atoms with Crippen LogP contribution in [-0.4, -0.2) is 24.9 Å². The summed E-state index contributed by atoms with van der Waals surface area (Å²) in [7, 11) is 1.64. The Balaban J connectivity index is 2.24. The second-order valence-electron chi connectivity index (χ2n) is 3.83. The molecule has 0 bridgehead atoms. The third-order valence-corrected chi connectivity index (χ3v) is 2.57. The number of nitrogen functional groups attached to an aromatic ring is 1. The lowest BCUT2D eigenvalue weighted by molar-refractivity contribution is -0.384. The number of aryl methyl sites for hydroxylation is 2. The van der Waals surface area contributed by atoms with Gasteiger partial charge in [-0.3, -0.25) is 15.2 Å². The summed E-state index contributed by atoms with van der Waals surface area (Å²) in [4.78, 5) is 10.5. The molecule has 0 fully saturated rings. The molecule has 0 spiro atoms. The molecule has 18 heavy (non-hydrogen) atoms. The number of aromatic nitrogens is 4. The van der Waals surface area contributed by atoms with E-state index in [-0.39, 0.29) is 5.69 Å². The van der Waals surface area contributed by atoms with E-state index in [2.05, 4.69) is 20.6 Å². The third-order valence-electron chi connectivity index (χ3n) is 2.57. The quantitative estimate of drug-likeness (QED) is 0.538. The summed E-state index contributed by atoms with van der Waals surface area (Å²) in [5.74, 6) is 0.780. The normalized spacial score (nSPS) is 10.6. The van der Waals surface area contributed by atoms with E-state index in [4.69, 9.17) is 5.73 Å². The SMILES string of the molecule is Cc1nn(C)c(NCc2cn[nH]c2N)c1[N+](=O)[O-]. The minimum atomic E-state index is -0.455. The first-order chi connectivity index (χ1) is 8.50. The molecule has 2 heterocycles. The molecule has 0 saturated heterocycles. The lowest BCUT2D eigenvalue weighted by atomic mass is 10.3. The number of hydrogen-bond donors (Lipinski definition) is 3. The Hall–Kier alpha value is -2.58. The highest BCUT2D eigenvalue weighted by molar-refractivity contribution is 5.60. The van der Waals surface area contributed by atoms with Gasteiger partial charge in [0.25, 0.3) is 0 Å². The van der Waals surface area contributed by atoms with Crippen molar-refractivity contribution < 1.29 is 4.92 Å². The van der Waals surface area contributed by atoms with Crippen molar-refractivity contribution in [3.8, 4) is 0 Å². The molecule has 0 amide bonds. The number of nitrogens with two attached hydrogens (primary N) is 1. The van der Waals surface area contributed by atoms with Crippen LogP contribution in [0.1, 0.15) is 11.3 Å². The van der Waals surface area contributed by atoms with E-state index in [1.807, 2.05) is 0 Å². The first kappa shape index (κ1) is 11.9. The van der Waals surface area contributed by atoms with Crippen molar-refractivity contribution in [2.24, 2.45) is 7.05 Å². The fourth-order valence-electron chi connectivity index (χ4n) is 1.70. The fraction of sp³-hybridized carbons (Fsp3) is 0.333. The Morgan fingerprint density at radius 3 is 2.94 bits per heavy atom. The van der Waals surface area contributed by atoms with Crippen LogP contribution in [0.4, 0.5) is 17.3 Å². The zero-order valence-electron chi connectivity index (χ0n) is 9.97. The third kappa shape index (κ3) is 1.97. The average molecular weight is 251 g/mol. The van der Waals surface area contributed by atoms with Gasteiger partial charge in [0.1, 0.15) is 11.5 Å². The fourth-order valence-corrected chi connectivity index (χ4v) is 1.70. The zero-order valence-corrected chi connectivity index (χ0v) is 9.97. The van der Waals surface area contributed by atoms with Crippen molar-refractivity contribution in [1.29, 1.82) is 0 Å². The monoisotopic (exact) mass is 251 g/mol. The van der Waals surface area contributed by atoms with Crippen molar-refractivity contribution in [2.75, 3.05) is 11.1 Å². The molecule has 0 aliphatic carbocycles. The number of nitrogens with zero attached hydrogens (tertiary/aromatic N) is 4. The molecule has 2 rings (SSSR count). The molecular weight excluding hydrogens is 238 g/mol. The second-order valence-corrected chi connectivity index (χ2v) is 3.83. The van der Waals surface area contributed by atoms with E-state index < -0.39 is 4.92 Å². The maximum absolute atomic E-state index is 11.0. The van der Waals surface area contributed by atoms with Crippen LogP contribution in [-0.2, 0) is 13.6 Å². The van der Waals surface area contributed by atoms with Crippen molar-refractivity contribution in [1.82, 2.24) is 20.0 Å². The molecule has 96 valence electrons. The molecule has 9 nitrogen and oxygen atoms in total. The summed E-state index contributed by atoms with van der Waals surface area (Å²) >= 11 is 0. The Bertz CT molecular complexity index is 586. The zero-order chi connectivity index (χ0) is 13.3. The minimum absolute atomic E-state index is 0.0282. The van der Waals surface area contributed by atoms with Crippen LogP contribution in [0.3, 0.4) is 0 Å². The largest absolute Gasteiger partial charge is 0.384 e. The number of nitro groups is 1. The summed E-state index contributed by atoms with van der Waals surface area (Å²) in [5, 5.41) is 24.3. The highest BCUT2D eigenvalue weighted by Gasteiger charge is 2.23. The number of hydrogen-bond acceptors (Lipinski definition) is 6. The summed E-state index contributed by atoms with van der Waals surface area (Å²) in [6.07, 6.45) is 1.57.